The van der Waals surface area contributed by atoms with E-state index in [0.717, 1.165) is 0 Å². The number of phenols is 1. The van der Waals surface area contributed by atoms with E-state index in [0.29, 0.717) is 16.5 Å². The molecule has 18 heavy (non-hydrogen) atoms. The van der Waals surface area contributed by atoms with Crippen LogP contribution < -0.4 is 11.1 Å². The molecule has 0 fully saturated rings. The first-order valence-electron chi connectivity index (χ1n) is 5.26. The zero-order valence-electron chi connectivity index (χ0n) is 9.72. The lowest BCUT2D eigenvalue weighted by Crippen LogP contribution is -2.44. The first-order chi connectivity index (χ1) is 8.49. The highest BCUT2D eigenvalue weighted by Gasteiger charge is 2.16. The number of oxime groups is 1. The number of amidine groups is 1. The van der Waals surface area contributed by atoms with Gasteiger partial charge in [-0.2, -0.15) is 0 Å². The molecule has 0 radical (unpaired) electrons. The van der Waals surface area contributed by atoms with Gasteiger partial charge < -0.3 is 21.4 Å². The van der Waals surface area contributed by atoms with Crippen LogP contribution in [0.15, 0.2) is 27.8 Å². The Balaban J connectivity index is 2.84. The van der Waals surface area contributed by atoms with Crippen LogP contribution in [-0.4, -0.2) is 28.1 Å². The number of halogens is 1. The molecule has 0 spiro atoms. The lowest BCUT2D eigenvalue weighted by atomic mass is 10.1. The lowest BCUT2D eigenvalue weighted by Gasteiger charge is -2.15. The number of benzene rings is 1. The van der Waals surface area contributed by atoms with Crippen molar-refractivity contribution in [3.8, 4) is 5.75 Å². The maximum Gasteiger partial charge on any atom is 0.252 e. The largest absolute Gasteiger partial charge is 0.507 e. The van der Waals surface area contributed by atoms with Crippen molar-refractivity contribution < 1.29 is 15.1 Å². The summed E-state index contributed by atoms with van der Waals surface area (Å²) in [5.41, 5.74) is 5.73. The maximum absolute atomic E-state index is 11.9. The van der Waals surface area contributed by atoms with Crippen molar-refractivity contribution >= 4 is 27.7 Å². The van der Waals surface area contributed by atoms with Crippen LogP contribution in [-0.2, 0) is 0 Å². The summed E-state index contributed by atoms with van der Waals surface area (Å²) in [6.07, 6.45) is 0.490. The maximum atomic E-state index is 11.9. The minimum atomic E-state index is -0.548. The van der Waals surface area contributed by atoms with Crippen molar-refractivity contribution in [1.29, 1.82) is 0 Å². The number of carbonyl (C=O) groups is 1. The molecule has 5 N–H and O–H groups in total. The molecule has 1 rings (SSSR count). The summed E-state index contributed by atoms with van der Waals surface area (Å²) in [7, 11) is 0. The third-order valence-electron chi connectivity index (χ3n) is 2.39. The van der Waals surface area contributed by atoms with Crippen molar-refractivity contribution in [2.24, 2.45) is 10.9 Å². The van der Waals surface area contributed by atoms with Gasteiger partial charge in [0.1, 0.15) is 5.75 Å². The molecular weight excluding hydrogens is 302 g/mol. The molecule has 0 saturated carbocycles. The molecule has 0 heterocycles. The molecule has 0 aromatic heterocycles. The number of nitrogens with one attached hydrogen (secondary N) is 1. The molecule has 0 bridgehead atoms. The van der Waals surface area contributed by atoms with E-state index in [-0.39, 0.29) is 11.6 Å². The second-order valence-corrected chi connectivity index (χ2v) is 4.48. The standard InChI is InChI=1S/C11H14BrN3O3/c1-2-8(10(13)15-18)14-11(17)6-3-4-7(12)9(16)5-6/h3-5,8,16,18H,2H2,1H3,(H2,13,15)(H,14,17). The predicted molar refractivity (Wildman–Crippen MR) is 70.8 cm³/mol. The summed E-state index contributed by atoms with van der Waals surface area (Å²) < 4.78 is 0.502. The van der Waals surface area contributed by atoms with E-state index in [1.54, 1.807) is 19.1 Å². The molecule has 0 saturated heterocycles. The topological polar surface area (TPSA) is 108 Å². The molecule has 98 valence electrons. The van der Waals surface area contributed by atoms with Crippen LogP contribution in [0.2, 0.25) is 0 Å². The Bertz CT molecular complexity index is 477. The first-order valence-corrected chi connectivity index (χ1v) is 6.05. The number of hydrogen-bond donors (Lipinski definition) is 4. The van der Waals surface area contributed by atoms with Crippen LogP contribution in [0.1, 0.15) is 23.7 Å². The van der Waals surface area contributed by atoms with Gasteiger partial charge in [-0.05, 0) is 40.5 Å². The van der Waals surface area contributed by atoms with Gasteiger partial charge in [0.15, 0.2) is 5.84 Å². The zero-order chi connectivity index (χ0) is 13.7. The summed E-state index contributed by atoms with van der Waals surface area (Å²) in [6, 6.07) is 3.90. The van der Waals surface area contributed by atoms with Crippen LogP contribution in [0.4, 0.5) is 0 Å². The van der Waals surface area contributed by atoms with E-state index in [4.69, 9.17) is 10.9 Å². The molecule has 0 aliphatic heterocycles. The average Bonchev–Trinajstić information content (AvgIpc) is 2.37. The second kappa shape index (κ2) is 6.25. The first kappa shape index (κ1) is 14.3. The van der Waals surface area contributed by atoms with Gasteiger partial charge >= 0.3 is 0 Å². The van der Waals surface area contributed by atoms with Crippen LogP contribution in [0.3, 0.4) is 0 Å². The number of nitrogens with zero attached hydrogens (tertiary/aromatic N) is 1. The molecule has 6 nitrogen and oxygen atoms in total. The van der Waals surface area contributed by atoms with Gasteiger partial charge in [-0.3, -0.25) is 4.79 Å². The van der Waals surface area contributed by atoms with Gasteiger partial charge in [0.2, 0.25) is 0 Å². The molecule has 1 amide bonds. The van der Waals surface area contributed by atoms with E-state index in [1.165, 1.54) is 6.07 Å². The smallest absolute Gasteiger partial charge is 0.252 e. The Kier molecular flexibility index (Phi) is 4.96. The minimum absolute atomic E-state index is 0.0282. The Morgan fingerprint density at radius 3 is 2.78 bits per heavy atom. The predicted octanol–water partition coefficient (Wildman–Crippen LogP) is 1.41. The van der Waals surface area contributed by atoms with Gasteiger partial charge in [0.05, 0.1) is 10.5 Å². The van der Waals surface area contributed by atoms with Gasteiger partial charge in [-0.15, -0.1) is 0 Å². The molecule has 1 aromatic carbocycles. The van der Waals surface area contributed by atoms with E-state index in [9.17, 15) is 9.90 Å². The summed E-state index contributed by atoms with van der Waals surface area (Å²) >= 11 is 3.12. The highest BCUT2D eigenvalue weighted by molar-refractivity contribution is 9.10. The van der Waals surface area contributed by atoms with Crippen molar-refractivity contribution in [3.63, 3.8) is 0 Å². The fourth-order valence-electron chi connectivity index (χ4n) is 1.35. The summed E-state index contributed by atoms with van der Waals surface area (Å²) in [5, 5.41) is 23.5. The Morgan fingerprint density at radius 2 is 2.28 bits per heavy atom. The highest BCUT2D eigenvalue weighted by Crippen LogP contribution is 2.24. The number of carbonyl (C=O) groups excluding carboxylic acids is 1. The molecule has 0 aliphatic carbocycles. The number of phenolic OH excluding ortho intramolecular Hbond substituents is 1. The molecule has 1 atom stereocenters. The summed E-state index contributed by atoms with van der Waals surface area (Å²) in [6.45, 7) is 1.79. The number of hydrogen-bond acceptors (Lipinski definition) is 4. The number of aromatic hydroxyl groups is 1. The summed E-state index contributed by atoms with van der Waals surface area (Å²) in [4.78, 5) is 11.9. The normalized spacial score (nSPS) is 13.1. The van der Waals surface area contributed by atoms with Crippen LogP contribution in [0.25, 0.3) is 0 Å². The van der Waals surface area contributed by atoms with Crippen LogP contribution in [0, 0.1) is 0 Å². The van der Waals surface area contributed by atoms with Gasteiger partial charge in [0, 0.05) is 5.56 Å². The van der Waals surface area contributed by atoms with Crippen molar-refractivity contribution in [3.05, 3.63) is 28.2 Å². The molecule has 1 aromatic rings. The minimum Gasteiger partial charge on any atom is -0.507 e. The lowest BCUT2D eigenvalue weighted by molar-refractivity contribution is 0.0945. The van der Waals surface area contributed by atoms with E-state index < -0.39 is 11.9 Å². The number of nitrogens with two attached hydrogens (primary N) is 1. The van der Waals surface area contributed by atoms with Crippen molar-refractivity contribution in [1.82, 2.24) is 5.32 Å². The van der Waals surface area contributed by atoms with Crippen molar-refractivity contribution in [2.75, 3.05) is 0 Å². The molecule has 1 unspecified atom stereocenters. The number of amides is 1. The monoisotopic (exact) mass is 315 g/mol. The van der Waals surface area contributed by atoms with E-state index in [1.807, 2.05) is 0 Å². The second-order valence-electron chi connectivity index (χ2n) is 3.63. The molecular formula is C11H14BrN3O3. The fourth-order valence-corrected chi connectivity index (χ4v) is 1.60. The SMILES string of the molecule is CCC(NC(=O)c1ccc(Br)c(O)c1)/C(N)=N/O. The van der Waals surface area contributed by atoms with Gasteiger partial charge in [-0.1, -0.05) is 12.1 Å². The number of rotatable bonds is 4. The van der Waals surface area contributed by atoms with E-state index in [2.05, 4.69) is 26.4 Å². The third-order valence-corrected chi connectivity index (χ3v) is 3.06. The highest BCUT2D eigenvalue weighted by atomic mass is 79.9. The van der Waals surface area contributed by atoms with Gasteiger partial charge in [0.25, 0.3) is 5.91 Å². The van der Waals surface area contributed by atoms with Crippen LogP contribution >= 0.6 is 15.9 Å². The summed E-state index contributed by atoms with van der Waals surface area (Å²) in [5.74, 6) is -0.497. The fraction of sp³-hybridized carbons (Fsp3) is 0.273. The quantitative estimate of drug-likeness (QED) is 0.291. The van der Waals surface area contributed by atoms with Crippen LogP contribution in [0.5, 0.6) is 5.75 Å². The Morgan fingerprint density at radius 1 is 1.61 bits per heavy atom. The molecule has 0 aliphatic rings. The van der Waals surface area contributed by atoms with E-state index >= 15 is 0 Å². The Labute approximate surface area is 113 Å². The Hall–Kier alpha value is -1.76. The van der Waals surface area contributed by atoms with Crippen molar-refractivity contribution in [2.45, 2.75) is 19.4 Å². The molecule has 7 heteroatoms. The van der Waals surface area contributed by atoms with Gasteiger partial charge in [-0.25, -0.2) is 0 Å². The average molecular weight is 316 g/mol. The zero-order valence-corrected chi connectivity index (χ0v) is 11.3. The third kappa shape index (κ3) is 3.36.